The summed E-state index contributed by atoms with van der Waals surface area (Å²) < 4.78 is 23.1. The first-order valence-corrected chi connectivity index (χ1v) is 7.65. The maximum absolute atomic E-state index is 12.8. The summed E-state index contributed by atoms with van der Waals surface area (Å²) in [6.45, 7) is 1.91. The molecule has 25 heavy (non-hydrogen) atoms. The molecule has 0 unspecified atom stereocenters. The highest BCUT2D eigenvalue weighted by Crippen LogP contribution is 2.16. The Bertz CT molecular complexity index is 845. The van der Waals surface area contributed by atoms with E-state index in [1.165, 1.54) is 24.3 Å². The van der Waals surface area contributed by atoms with E-state index in [1.54, 1.807) is 0 Å². The topological polar surface area (TPSA) is 77.2 Å². The number of nitrogens with one attached hydrogen (secondary N) is 1. The van der Waals surface area contributed by atoms with Crippen molar-refractivity contribution in [2.45, 2.75) is 13.5 Å². The number of rotatable bonds is 6. The van der Waals surface area contributed by atoms with E-state index < -0.39 is 0 Å². The number of ether oxygens (including phenoxy) is 1. The van der Waals surface area contributed by atoms with Gasteiger partial charge in [-0.3, -0.25) is 4.79 Å². The van der Waals surface area contributed by atoms with Crippen molar-refractivity contribution in [3.63, 3.8) is 0 Å². The zero-order chi connectivity index (χ0) is 17.6. The van der Waals surface area contributed by atoms with Gasteiger partial charge in [-0.2, -0.15) is 4.98 Å². The van der Waals surface area contributed by atoms with Gasteiger partial charge in [-0.15, -0.1) is 0 Å². The number of aryl methyl sites for hydroxylation is 1. The normalized spacial score (nSPS) is 10.5. The molecule has 0 aliphatic carbocycles. The molecule has 0 atom stereocenters. The van der Waals surface area contributed by atoms with Crippen molar-refractivity contribution in [2.24, 2.45) is 0 Å². The highest BCUT2D eigenvalue weighted by atomic mass is 19.1. The average molecular weight is 341 g/mol. The minimum atomic E-state index is -0.363. The van der Waals surface area contributed by atoms with Gasteiger partial charge >= 0.3 is 0 Å². The molecule has 0 saturated carbocycles. The van der Waals surface area contributed by atoms with Crippen LogP contribution in [0.5, 0.6) is 5.75 Å². The van der Waals surface area contributed by atoms with Crippen LogP contribution < -0.4 is 10.1 Å². The standard InChI is InChI=1S/C18H16FN3O3/c1-12-2-4-13(5-3-12)18-21-17(25-22-18)10-20-16(23)11-24-15-8-6-14(19)7-9-15/h2-9H,10-11H2,1H3,(H,20,23). The molecule has 1 aromatic heterocycles. The summed E-state index contributed by atoms with van der Waals surface area (Å²) in [5.74, 6) is 0.463. The predicted octanol–water partition coefficient (Wildman–Crippen LogP) is 2.88. The van der Waals surface area contributed by atoms with Crippen molar-refractivity contribution in [1.82, 2.24) is 15.5 Å². The highest BCUT2D eigenvalue weighted by molar-refractivity contribution is 5.77. The fraction of sp³-hybridized carbons (Fsp3) is 0.167. The third-order valence-electron chi connectivity index (χ3n) is 3.40. The number of benzene rings is 2. The van der Waals surface area contributed by atoms with Crippen LogP contribution in [0.1, 0.15) is 11.5 Å². The second-order valence-corrected chi connectivity index (χ2v) is 5.40. The van der Waals surface area contributed by atoms with Gasteiger partial charge in [-0.1, -0.05) is 35.0 Å². The van der Waals surface area contributed by atoms with Gasteiger partial charge in [0.25, 0.3) is 5.91 Å². The average Bonchev–Trinajstić information content (AvgIpc) is 3.09. The molecule has 0 bridgehead atoms. The molecule has 3 rings (SSSR count). The maximum atomic E-state index is 12.8. The Morgan fingerprint density at radius 1 is 1.16 bits per heavy atom. The summed E-state index contributed by atoms with van der Waals surface area (Å²) in [7, 11) is 0. The number of hydrogen-bond acceptors (Lipinski definition) is 5. The van der Waals surface area contributed by atoms with Crippen LogP contribution in [0.4, 0.5) is 4.39 Å². The van der Waals surface area contributed by atoms with Crippen molar-refractivity contribution in [1.29, 1.82) is 0 Å². The second kappa shape index (κ2) is 7.57. The van der Waals surface area contributed by atoms with Crippen LogP contribution in [-0.2, 0) is 11.3 Å². The number of amides is 1. The summed E-state index contributed by atoms with van der Waals surface area (Å²) in [6.07, 6.45) is 0. The predicted molar refractivity (Wildman–Crippen MR) is 88.2 cm³/mol. The molecule has 0 aliphatic rings. The molecule has 0 spiro atoms. The fourth-order valence-electron chi connectivity index (χ4n) is 2.05. The fourth-order valence-corrected chi connectivity index (χ4v) is 2.05. The lowest BCUT2D eigenvalue weighted by Crippen LogP contribution is -2.28. The maximum Gasteiger partial charge on any atom is 0.258 e. The second-order valence-electron chi connectivity index (χ2n) is 5.40. The van der Waals surface area contributed by atoms with Gasteiger partial charge in [-0.05, 0) is 31.2 Å². The summed E-state index contributed by atoms with van der Waals surface area (Å²) in [6, 6.07) is 13.2. The van der Waals surface area contributed by atoms with Gasteiger partial charge in [0.15, 0.2) is 6.61 Å². The Balaban J connectivity index is 1.49. The smallest absolute Gasteiger partial charge is 0.258 e. The Morgan fingerprint density at radius 3 is 2.60 bits per heavy atom. The quantitative estimate of drug-likeness (QED) is 0.746. The summed E-state index contributed by atoms with van der Waals surface area (Å²) in [5, 5.41) is 6.51. The SMILES string of the molecule is Cc1ccc(-c2noc(CNC(=O)COc3ccc(F)cc3)n2)cc1. The Hall–Kier alpha value is -3.22. The molecule has 1 heterocycles. The molecule has 0 radical (unpaired) electrons. The summed E-state index contributed by atoms with van der Waals surface area (Å²) in [5.41, 5.74) is 1.98. The Morgan fingerprint density at radius 2 is 1.88 bits per heavy atom. The van der Waals surface area contributed by atoms with E-state index in [0.29, 0.717) is 17.5 Å². The largest absolute Gasteiger partial charge is 0.484 e. The number of carbonyl (C=O) groups is 1. The molecule has 1 N–H and O–H groups in total. The van der Waals surface area contributed by atoms with E-state index in [9.17, 15) is 9.18 Å². The van der Waals surface area contributed by atoms with E-state index in [4.69, 9.17) is 9.26 Å². The molecule has 0 aliphatic heterocycles. The molecule has 1 amide bonds. The van der Waals surface area contributed by atoms with Gasteiger partial charge in [0.2, 0.25) is 11.7 Å². The number of hydrogen-bond donors (Lipinski definition) is 1. The van der Waals surface area contributed by atoms with Gasteiger partial charge < -0.3 is 14.6 Å². The molecule has 128 valence electrons. The van der Waals surface area contributed by atoms with Crippen LogP contribution in [0.25, 0.3) is 11.4 Å². The lowest BCUT2D eigenvalue weighted by Gasteiger charge is -2.05. The number of halogens is 1. The minimum absolute atomic E-state index is 0.102. The summed E-state index contributed by atoms with van der Waals surface area (Å²) >= 11 is 0. The van der Waals surface area contributed by atoms with Crippen LogP contribution in [-0.4, -0.2) is 22.7 Å². The first kappa shape index (κ1) is 16.6. The van der Waals surface area contributed by atoms with Crippen LogP contribution in [0, 0.1) is 12.7 Å². The number of carbonyl (C=O) groups excluding carboxylic acids is 1. The molecule has 6 nitrogen and oxygen atoms in total. The first-order valence-electron chi connectivity index (χ1n) is 7.65. The van der Waals surface area contributed by atoms with E-state index in [2.05, 4.69) is 15.5 Å². The molecule has 0 saturated heterocycles. The molecular formula is C18H16FN3O3. The van der Waals surface area contributed by atoms with E-state index >= 15 is 0 Å². The van der Waals surface area contributed by atoms with E-state index in [-0.39, 0.29) is 24.9 Å². The molecule has 7 heteroatoms. The molecule has 3 aromatic rings. The Labute approximate surface area is 143 Å². The summed E-state index contributed by atoms with van der Waals surface area (Å²) in [4.78, 5) is 16.0. The Kier molecular flexibility index (Phi) is 5.03. The zero-order valence-electron chi connectivity index (χ0n) is 13.5. The van der Waals surface area contributed by atoms with Crippen LogP contribution >= 0.6 is 0 Å². The van der Waals surface area contributed by atoms with Gasteiger partial charge in [0.1, 0.15) is 11.6 Å². The number of aromatic nitrogens is 2. The van der Waals surface area contributed by atoms with Gasteiger partial charge in [0.05, 0.1) is 6.54 Å². The zero-order valence-corrected chi connectivity index (χ0v) is 13.5. The van der Waals surface area contributed by atoms with Crippen molar-refractivity contribution in [2.75, 3.05) is 6.61 Å². The van der Waals surface area contributed by atoms with Crippen molar-refractivity contribution < 1.29 is 18.4 Å². The monoisotopic (exact) mass is 341 g/mol. The molecule has 2 aromatic carbocycles. The van der Waals surface area contributed by atoms with Crippen LogP contribution in [0.3, 0.4) is 0 Å². The molecular weight excluding hydrogens is 325 g/mol. The first-order chi connectivity index (χ1) is 12.1. The van der Waals surface area contributed by atoms with E-state index in [0.717, 1.165) is 11.1 Å². The highest BCUT2D eigenvalue weighted by Gasteiger charge is 2.10. The molecule has 0 fully saturated rings. The van der Waals surface area contributed by atoms with Crippen molar-refractivity contribution >= 4 is 5.91 Å². The third-order valence-corrected chi connectivity index (χ3v) is 3.40. The number of nitrogens with zero attached hydrogens (tertiary/aromatic N) is 2. The third kappa shape index (κ3) is 4.63. The van der Waals surface area contributed by atoms with Crippen LogP contribution in [0.2, 0.25) is 0 Å². The van der Waals surface area contributed by atoms with E-state index in [1.807, 2.05) is 31.2 Å². The minimum Gasteiger partial charge on any atom is -0.484 e. The van der Waals surface area contributed by atoms with Gasteiger partial charge in [-0.25, -0.2) is 4.39 Å². The van der Waals surface area contributed by atoms with Gasteiger partial charge in [0, 0.05) is 5.56 Å². The van der Waals surface area contributed by atoms with Crippen LogP contribution in [0.15, 0.2) is 53.1 Å². The van der Waals surface area contributed by atoms with Crippen molar-refractivity contribution in [3.8, 4) is 17.1 Å². The lowest BCUT2D eigenvalue weighted by molar-refractivity contribution is -0.123. The lowest BCUT2D eigenvalue weighted by atomic mass is 10.1. The van der Waals surface area contributed by atoms with Crippen molar-refractivity contribution in [3.05, 3.63) is 65.8 Å².